The number of amides is 1. The first-order valence-corrected chi connectivity index (χ1v) is 10.3. The van der Waals surface area contributed by atoms with Gasteiger partial charge in [-0.3, -0.25) is 4.79 Å². The van der Waals surface area contributed by atoms with Gasteiger partial charge in [-0.25, -0.2) is 14.6 Å². The lowest BCUT2D eigenvalue weighted by atomic mass is 9.92. The van der Waals surface area contributed by atoms with Crippen LogP contribution in [0.2, 0.25) is 0 Å². The number of carbonyl (C=O) groups is 1. The van der Waals surface area contributed by atoms with Crippen LogP contribution in [0.1, 0.15) is 44.0 Å². The van der Waals surface area contributed by atoms with Crippen molar-refractivity contribution in [3.8, 4) is 11.5 Å². The van der Waals surface area contributed by atoms with Crippen LogP contribution >= 0.6 is 0 Å². The molecule has 1 aromatic carbocycles. The summed E-state index contributed by atoms with van der Waals surface area (Å²) in [6.45, 7) is 12.1. The number of aryl methyl sites for hydroxylation is 3. The van der Waals surface area contributed by atoms with E-state index in [0.717, 1.165) is 22.3 Å². The minimum atomic E-state index is -0.112. The van der Waals surface area contributed by atoms with Gasteiger partial charge >= 0.3 is 0 Å². The third-order valence-electron chi connectivity index (χ3n) is 4.92. The van der Waals surface area contributed by atoms with Crippen LogP contribution in [-0.2, 0) is 4.79 Å². The second kappa shape index (κ2) is 7.61. The first-order chi connectivity index (χ1) is 14.6. The number of rotatable bonds is 4. The highest BCUT2D eigenvalue weighted by molar-refractivity contribution is 5.91. The number of fused-ring (bicyclic) bond motifs is 1. The molecule has 3 aromatic heterocycles. The maximum Gasteiger partial charge on any atom is 0.226 e. The molecule has 0 bridgehead atoms. The molecule has 1 amide bonds. The Balaban J connectivity index is 1.78. The van der Waals surface area contributed by atoms with E-state index in [2.05, 4.69) is 51.5 Å². The monoisotopic (exact) mass is 417 g/mol. The SMILES string of the molecule is Cc1ccc(-n2ncc3c(-n4nc(C)cc4NC(=O)CC(C)(C)C)ncnc32)c(C)c1. The van der Waals surface area contributed by atoms with Crippen molar-refractivity contribution < 1.29 is 4.79 Å². The van der Waals surface area contributed by atoms with Crippen molar-refractivity contribution in [2.24, 2.45) is 5.41 Å². The zero-order valence-corrected chi connectivity index (χ0v) is 18.8. The average molecular weight is 418 g/mol. The third kappa shape index (κ3) is 4.19. The summed E-state index contributed by atoms with van der Waals surface area (Å²) in [5.41, 5.74) is 4.60. The Labute approximate surface area is 181 Å². The summed E-state index contributed by atoms with van der Waals surface area (Å²) < 4.78 is 3.46. The van der Waals surface area contributed by atoms with E-state index in [1.54, 1.807) is 10.9 Å². The molecule has 0 unspecified atom stereocenters. The molecule has 160 valence electrons. The van der Waals surface area contributed by atoms with Crippen molar-refractivity contribution in [1.29, 1.82) is 0 Å². The Morgan fingerprint density at radius 2 is 1.84 bits per heavy atom. The molecule has 0 saturated carbocycles. The number of nitrogens with one attached hydrogen (secondary N) is 1. The van der Waals surface area contributed by atoms with E-state index in [1.165, 1.54) is 11.9 Å². The van der Waals surface area contributed by atoms with Crippen molar-refractivity contribution in [3.05, 3.63) is 53.6 Å². The molecule has 0 atom stereocenters. The van der Waals surface area contributed by atoms with E-state index in [9.17, 15) is 4.79 Å². The van der Waals surface area contributed by atoms with E-state index in [1.807, 2.05) is 44.5 Å². The lowest BCUT2D eigenvalue weighted by Gasteiger charge is -2.17. The van der Waals surface area contributed by atoms with Crippen LogP contribution in [-0.4, -0.2) is 35.4 Å². The predicted molar refractivity (Wildman–Crippen MR) is 121 cm³/mol. The largest absolute Gasteiger partial charge is 0.311 e. The molecular weight excluding hydrogens is 390 g/mol. The van der Waals surface area contributed by atoms with Gasteiger partial charge in [-0.05, 0) is 37.8 Å². The molecule has 3 heterocycles. The Morgan fingerprint density at radius 3 is 2.55 bits per heavy atom. The molecule has 0 radical (unpaired) electrons. The normalized spacial score (nSPS) is 11.8. The summed E-state index contributed by atoms with van der Waals surface area (Å²) in [5, 5.41) is 12.9. The molecular formula is C23H27N7O. The van der Waals surface area contributed by atoms with Crippen molar-refractivity contribution in [3.63, 3.8) is 0 Å². The molecule has 0 fully saturated rings. The van der Waals surface area contributed by atoms with Gasteiger partial charge < -0.3 is 5.32 Å². The number of benzene rings is 1. The molecule has 8 nitrogen and oxygen atoms in total. The van der Waals surface area contributed by atoms with Gasteiger partial charge in [0, 0.05) is 12.5 Å². The van der Waals surface area contributed by atoms with E-state index in [-0.39, 0.29) is 11.3 Å². The second-order valence-electron chi connectivity index (χ2n) is 9.15. The zero-order chi connectivity index (χ0) is 22.3. The van der Waals surface area contributed by atoms with Crippen LogP contribution in [0.5, 0.6) is 0 Å². The number of anilines is 1. The first-order valence-electron chi connectivity index (χ1n) is 10.3. The van der Waals surface area contributed by atoms with E-state index in [0.29, 0.717) is 23.7 Å². The van der Waals surface area contributed by atoms with Crippen LogP contribution in [0.25, 0.3) is 22.5 Å². The Kier molecular flexibility index (Phi) is 5.08. The highest BCUT2D eigenvalue weighted by Crippen LogP contribution is 2.26. The molecule has 0 spiro atoms. The fraction of sp³-hybridized carbons (Fsp3) is 0.348. The lowest BCUT2D eigenvalue weighted by Crippen LogP contribution is -2.21. The fourth-order valence-electron chi connectivity index (χ4n) is 3.64. The number of hydrogen-bond donors (Lipinski definition) is 1. The van der Waals surface area contributed by atoms with E-state index in [4.69, 9.17) is 0 Å². The third-order valence-corrected chi connectivity index (χ3v) is 4.92. The zero-order valence-electron chi connectivity index (χ0n) is 18.8. The second-order valence-corrected chi connectivity index (χ2v) is 9.15. The molecule has 4 aromatic rings. The van der Waals surface area contributed by atoms with Crippen LogP contribution in [0, 0.1) is 26.2 Å². The summed E-state index contributed by atoms with van der Waals surface area (Å²) in [6, 6.07) is 8.04. The van der Waals surface area contributed by atoms with E-state index < -0.39 is 0 Å². The topological polar surface area (TPSA) is 90.5 Å². The molecule has 0 aliphatic heterocycles. The maximum atomic E-state index is 12.5. The predicted octanol–water partition coefficient (Wildman–Crippen LogP) is 4.30. The van der Waals surface area contributed by atoms with Crippen molar-refractivity contribution >= 4 is 22.8 Å². The first kappa shape index (κ1) is 20.7. The highest BCUT2D eigenvalue weighted by Gasteiger charge is 2.20. The summed E-state index contributed by atoms with van der Waals surface area (Å²) in [4.78, 5) is 21.5. The maximum absolute atomic E-state index is 12.5. The van der Waals surface area contributed by atoms with Gasteiger partial charge in [0.05, 0.1) is 23.0 Å². The summed E-state index contributed by atoms with van der Waals surface area (Å²) in [5.74, 6) is 1.08. The van der Waals surface area contributed by atoms with Crippen molar-refractivity contribution in [1.82, 2.24) is 29.5 Å². The van der Waals surface area contributed by atoms with Crippen LogP contribution in [0.3, 0.4) is 0 Å². The van der Waals surface area contributed by atoms with Crippen LogP contribution < -0.4 is 5.32 Å². The molecule has 8 heteroatoms. The molecule has 0 saturated heterocycles. The van der Waals surface area contributed by atoms with Gasteiger partial charge in [0.15, 0.2) is 11.5 Å². The molecule has 1 N–H and O–H groups in total. The van der Waals surface area contributed by atoms with Gasteiger partial charge in [-0.2, -0.15) is 14.9 Å². The summed E-state index contributed by atoms with van der Waals surface area (Å²) in [6.07, 6.45) is 3.64. The van der Waals surface area contributed by atoms with Gasteiger partial charge in [-0.1, -0.05) is 38.5 Å². The molecule has 31 heavy (non-hydrogen) atoms. The van der Waals surface area contributed by atoms with Crippen molar-refractivity contribution in [2.45, 2.75) is 48.0 Å². The minimum absolute atomic E-state index is 0.0649. The van der Waals surface area contributed by atoms with Gasteiger partial charge in [0.1, 0.15) is 12.1 Å². The Hall–Kier alpha value is -3.55. The van der Waals surface area contributed by atoms with Gasteiger partial charge in [0.2, 0.25) is 5.91 Å². The molecule has 4 rings (SSSR count). The number of aromatic nitrogens is 6. The Morgan fingerprint density at radius 1 is 1.06 bits per heavy atom. The molecule has 0 aliphatic rings. The summed E-state index contributed by atoms with van der Waals surface area (Å²) in [7, 11) is 0. The van der Waals surface area contributed by atoms with E-state index >= 15 is 0 Å². The minimum Gasteiger partial charge on any atom is -0.311 e. The molecule has 0 aliphatic carbocycles. The number of hydrogen-bond acceptors (Lipinski definition) is 5. The van der Waals surface area contributed by atoms with Gasteiger partial charge in [0.25, 0.3) is 0 Å². The number of carbonyl (C=O) groups excluding carboxylic acids is 1. The Bertz CT molecular complexity index is 1280. The standard InChI is InChI=1S/C23H27N7O/c1-14-7-8-18(15(2)9-14)29-21-17(12-26-29)22(25-13-24-21)30-19(10-16(3)28-30)27-20(31)11-23(4,5)6/h7-10,12-13H,11H2,1-6H3,(H,27,31). The highest BCUT2D eigenvalue weighted by atomic mass is 16.1. The lowest BCUT2D eigenvalue weighted by molar-refractivity contribution is -0.117. The van der Waals surface area contributed by atoms with Crippen molar-refractivity contribution in [2.75, 3.05) is 5.32 Å². The van der Waals surface area contributed by atoms with Crippen LogP contribution in [0.15, 0.2) is 36.8 Å². The average Bonchev–Trinajstić information content (AvgIpc) is 3.23. The number of nitrogens with zero attached hydrogens (tertiary/aromatic N) is 6. The smallest absolute Gasteiger partial charge is 0.226 e. The fourth-order valence-corrected chi connectivity index (χ4v) is 3.64. The van der Waals surface area contributed by atoms with Gasteiger partial charge in [-0.15, -0.1) is 0 Å². The quantitative estimate of drug-likeness (QED) is 0.535. The van der Waals surface area contributed by atoms with Crippen LogP contribution in [0.4, 0.5) is 5.82 Å². The summed E-state index contributed by atoms with van der Waals surface area (Å²) >= 11 is 0.